The molecule has 4 rings (SSSR count). The van der Waals surface area contributed by atoms with Gasteiger partial charge in [-0.2, -0.15) is 5.10 Å². The Morgan fingerprint density at radius 3 is 2.64 bits per heavy atom. The minimum Gasteiger partial charge on any atom is -0.348 e. The van der Waals surface area contributed by atoms with E-state index in [1.165, 1.54) is 0 Å². The Morgan fingerprint density at radius 2 is 1.89 bits per heavy atom. The number of pyridine rings is 2. The summed E-state index contributed by atoms with van der Waals surface area (Å²) in [4.78, 5) is 21.5. The minimum atomic E-state index is -0.151. The molecule has 1 amide bonds. The molecule has 0 atom stereocenters. The fourth-order valence-electron chi connectivity index (χ4n) is 2.95. The van der Waals surface area contributed by atoms with Crippen LogP contribution in [0.4, 0.5) is 0 Å². The third kappa shape index (κ3) is 3.81. The largest absolute Gasteiger partial charge is 0.348 e. The lowest BCUT2D eigenvalue weighted by molar-refractivity contribution is 0.0950. The highest BCUT2D eigenvalue weighted by Gasteiger charge is 2.11. The summed E-state index contributed by atoms with van der Waals surface area (Å²) in [5.74, 6) is 0.559. The first-order valence-electron chi connectivity index (χ1n) is 8.97. The zero-order chi connectivity index (χ0) is 19.3. The molecule has 1 N–H and O–H groups in total. The molecule has 4 aromatic rings. The van der Waals surface area contributed by atoms with Crippen molar-refractivity contribution in [1.29, 1.82) is 0 Å². The Bertz CT molecular complexity index is 1090. The molecule has 1 aromatic carbocycles. The van der Waals surface area contributed by atoms with Gasteiger partial charge in [0.1, 0.15) is 0 Å². The SMILES string of the molecule is Cc1nc(-c2ccccc2)ccc1C(=O)NCc1ccnc(-n2cccn2)c1. The van der Waals surface area contributed by atoms with Crippen LogP contribution >= 0.6 is 0 Å². The predicted octanol–water partition coefficient (Wildman–Crippen LogP) is 3.57. The van der Waals surface area contributed by atoms with Gasteiger partial charge in [0.2, 0.25) is 0 Å². The second kappa shape index (κ2) is 7.84. The van der Waals surface area contributed by atoms with Gasteiger partial charge >= 0.3 is 0 Å². The lowest BCUT2D eigenvalue weighted by Crippen LogP contribution is -2.24. The number of nitrogens with zero attached hydrogens (tertiary/aromatic N) is 4. The van der Waals surface area contributed by atoms with Crippen molar-refractivity contribution < 1.29 is 4.79 Å². The van der Waals surface area contributed by atoms with Crippen LogP contribution < -0.4 is 5.32 Å². The standard InChI is InChI=1S/C22H19N5O/c1-16-19(8-9-20(26-16)18-6-3-2-4-7-18)22(28)24-15-17-10-12-23-21(14-17)27-13-5-11-25-27/h2-14H,15H2,1H3,(H,24,28). The molecule has 3 heterocycles. The molecule has 0 fully saturated rings. The fraction of sp³-hybridized carbons (Fsp3) is 0.0909. The smallest absolute Gasteiger partial charge is 0.253 e. The van der Waals surface area contributed by atoms with Crippen molar-refractivity contribution in [2.45, 2.75) is 13.5 Å². The third-order valence-corrected chi connectivity index (χ3v) is 4.40. The van der Waals surface area contributed by atoms with Crippen molar-refractivity contribution in [3.63, 3.8) is 0 Å². The van der Waals surface area contributed by atoms with E-state index in [1.807, 2.05) is 73.8 Å². The quantitative estimate of drug-likeness (QED) is 0.584. The Labute approximate surface area is 162 Å². The average molecular weight is 369 g/mol. The number of carbonyl (C=O) groups is 1. The van der Waals surface area contributed by atoms with Crippen LogP contribution in [0.15, 0.2) is 79.3 Å². The molecule has 0 aliphatic carbocycles. The molecule has 0 saturated heterocycles. The lowest BCUT2D eigenvalue weighted by atomic mass is 10.1. The van der Waals surface area contributed by atoms with E-state index < -0.39 is 0 Å². The minimum absolute atomic E-state index is 0.151. The highest BCUT2D eigenvalue weighted by atomic mass is 16.1. The van der Waals surface area contributed by atoms with E-state index in [9.17, 15) is 4.79 Å². The first-order valence-corrected chi connectivity index (χ1v) is 8.97. The van der Waals surface area contributed by atoms with Crippen LogP contribution in [-0.4, -0.2) is 25.7 Å². The van der Waals surface area contributed by atoms with Gasteiger partial charge in [0.25, 0.3) is 5.91 Å². The first kappa shape index (κ1) is 17.6. The molecule has 138 valence electrons. The normalized spacial score (nSPS) is 10.6. The van der Waals surface area contributed by atoms with Gasteiger partial charge in [0, 0.05) is 30.7 Å². The summed E-state index contributed by atoms with van der Waals surface area (Å²) in [5.41, 5.74) is 4.10. The molecule has 0 saturated carbocycles. The molecule has 0 aliphatic heterocycles. The van der Waals surface area contributed by atoms with Crippen molar-refractivity contribution in [3.8, 4) is 17.1 Å². The Hall–Kier alpha value is -3.80. The fourth-order valence-corrected chi connectivity index (χ4v) is 2.95. The lowest BCUT2D eigenvalue weighted by Gasteiger charge is -2.10. The van der Waals surface area contributed by atoms with E-state index in [-0.39, 0.29) is 5.91 Å². The molecule has 6 heteroatoms. The zero-order valence-electron chi connectivity index (χ0n) is 15.4. The summed E-state index contributed by atoms with van der Waals surface area (Å²) in [5, 5.41) is 7.13. The number of benzene rings is 1. The molecule has 0 bridgehead atoms. The topological polar surface area (TPSA) is 72.7 Å². The molecule has 28 heavy (non-hydrogen) atoms. The van der Waals surface area contributed by atoms with Crippen molar-refractivity contribution in [3.05, 3.63) is 96.1 Å². The number of carbonyl (C=O) groups excluding carboxylic acids is 1. The number of hydrogen-bond donors (Lipinski definition) is 1. The summed E-state index contributed by atoms with van der Waals surface area (Å²) in [6.45, 7) is 2.25. The predicted molar refractivity (Wildman–Crippen MR) is 107 cm³/mol. The molecular weight excluding hydrogens is 350 g/mol. The Balaban J connectivity index is 1.46. The van der Waals surface area contributed by atoms with Gasteiger partial charge in [-0.1, -0.05) is 30.3 Å². The Kier molecular flexibility index (Phi) is 4.93. The number of rotatable bonds is 5. The van der Waals surface area contributed by atoms with Crippen LogP contribution in [0.5, 0.6) is 0 Å². The number of aromatic nitrogens is 4. The van der Waals surface area contributed by atoms with Gasteiger partial charge in [-0.3, -0.25) is 9.78 Å². The van der Waals surface area contributed by atoms with Crippen LogP contribution in [-0.2, 0) is 6.54 Å². The van der Waals surface area contributed by atoms with Gasteiger partial charge in [-0.05, 0) is 42.8 Å². The number of amides is 1. The summed E-state index contributed by atoms with van der Waals surface area (Å²) in [6.07, 6.45) is 5.24. The maximum Gasteiger partial charge on any atom is 0.253 e. The monoisotopic (exact) mass is 369 g/mol. The van der Waals surface area contributed by atoms with Gasteiger partial charge < -0.3 is 5.32 Å². The van der Waals surface area contributed by atoms with E-state index in [0.717, 1.165) is 16.8 Å². The highest BCUT2D eigenvalue weighted by Crippen LogP contribution is 2.18. The van der Waals surface area contributed by atoms with Gasteiger partial charge in [-0.15, -0.1) is 0 Å². The summed E-state index contributed by atoms with van der Waals surface area (Å²) in [6, 6.07) is 19.2. The van der Waals surface area contributed by atoms with Crippen molar-refractivity contribution >= 4 is 5.91 Å². The third-order valence-electron chi connectivity index (χ3n) is 4.40. The maximum absolute atomic E-state index is 12.6. The summed E-state index contributed by atoms with van der Waals surface area (Å²) in [7, 11) is 0. The van der Waals surface area contributed by atoms with Crippen molar-refractivity contribution in [2.75, 3.05) is 0 Å². The first-order chi connectivity index (χ1) is 13.7. The van der Waals surface area contributed by atoms with Crippen molar-refractivity contribution in [1.82, 2.24) is 25.1 Å². The molecule has 3 aromatic heterocycles. The van der Waals surface area contributed by atoms with Crippen LogP contribution in [0.25, 0.3) is 17.1 Å². The van der Waals surface area contributed by atoms with Crippen molar-refractivity contribution in [2.24, 2.45) is 0 Å². The molecule has 0 spiro atoms. The van der Waals surface area contributed by atoms with Gasteiger partial charge in [0.05, 0.1) is 17.0 Å². The van der Waals surface area contributed by atoms with E-state index >= 15 is 0 Å². The van der Waals surface area contributed by atoms with E-state index in [4.69, 9.17) is 0 Å². The van der Waals surface area contributed by atoms with Gasteiger partial charge in [0.15, 0.2) is 5.82 Å². The number of hydrogen-bond acceptors (Lipinski definition) is 4. The number of nitrogens with one attached hydrogen (secondary N) is 1. The zero-order valence-corrected chi connectivity index (χ0v) is 15.4. The second-order valence-electron chi connectivity index (χ2n) is 6.35. The highest BCUT2D eigenvalue weighted by molar-refractivity contribution is 5.95. The average Bonchev–Trinajstić information content (AvgIpc) is 3.28. The molecule has 0 unspecified atom stereocenters. The van der Waals surface area contributed by atoms with E-state index in [1.54, 1.807) is 17.1 Å². The van der Waals surface area contributed by atoms with Crippen LogP contribution in [0.1, 0.15) is 21.6 Å². The van der Waals surface area contributed by atoms with Crippen LogP contribution in [0.2, 0.25) is 0 Å². The molecular formula is C22H19N5O. The maximum atomic E-state index is 12.6. The Morgan fingerprint density at radius 1 is 1.04 bits per heavy atom. The van der Waals surface area contributed by atoms with E-state index in [0.29, 0.717) is 23.6 Å². The molecule has 6 nitrogen and oxygen atoms in total. The van der Waals surface area contributed by atoms with E-state index in [2.05, 4.69) is 20.4 Å². The summed E-state index contributed by atoms with van der Waals surface area (Å²) >= 11 is 0. The van der Waals surface area contributed by atoms with Crippen LogP contribution in [0.3, 0.4) is 0 Å². The number of aryl methyl sites for hydroxylation is 1. The molecule has 0 aliphatic rings. The van der Waals surface area contributed by atoms with Crippen LogP contribution in [0, 0.1) is 6.92 Å². The second-order valence-corrected chi connectivity index (χ2v) is 6.35. The van der Waals surface area contributed by atoms with Gasteiger partial charge in [-0.25, -0.2) is 9.67 Å². The molecule has 0 radical (unpaired) electrons. The summed E-state index contributed by atoms with van der Waals surface area (Å²) < 4.78 is 1.68.